The third-order valence-corrected chi connectivity index (χ3v) is 2.38. The van der Waals surface area contributed by atoms with Crippen molar-refractivity contribution in [3.8, 4) is 0 Å². The highest BCUT2D eigenvalue weighted by Crippen LogP contribution is 2.27. The van der Waals surface area contributed by atoms with Gasteiger partial charge in [-0.15, -0.1) is 0 Å². The van der Waals surface area contributed by atoms with Crippen molar-refractivity contribution < 1.29 is 31.1 Å². The van der Waals surface area contributed by atoms with Crippen molar-refractivity contribution in [2.24, 2.45) is 0 Å². The number of hydrogen-bond donors (Lipinski definition) is 0. The summed E-state index contributed by atoms with van der Waals surface area (Å²) >= 11 is 0. The summed E-state index contributed by atoms with van der Waals surface area (Å²) in [6.07, 6.45) is -9.55. The molecule has 1 rings (SSSR count). The maximum absolute atomic E-state index is 12.2. The Morgan fingerprint density at radius 2 is 1.80 bits per heavy atom. The van der Waals surface area contributed by atoms with Crippen LogP contribution in [0.2, 0.25) is 0 Å². The van der Waals surface area contributed by atoms with E-state index >= 15 is 0 Å². The van der Waals surface area contributed by atoms with Crippen LogP contribution in [0.5, 0.6) is 0 Å². The standard InChI is InChI=1S/C11H10F6N2O/c1-19(5-4-10(12,13)14)9(20)7-2-3-8(18-6-7)11(15,16)17/h2-3,6H,4-5H2,1H3. The van der Waals surface area contributed by atoms with E-state index in [4.69, 9.17) is 0 Å². The molecule has 0 aromatic carbocycles. The molecule has 0 aliphatic rings. The van der Waals surface area contributed by atoms with Crippen molar-refractivity contribution in [3.63, 3.8) is 0 Å². The lowest BCUT2D eigenvalue weighted by Crippen LogP contribution is -2.30. The van der Waals surface area contributed by atoms with Crippen molar-refractivity contribution in [2.45, 2.75) is 18.8 Å². The second-order valence-corrected chi connectivity index (χ2v) is 4.02. The molecule has 0 aliphatic carbocycles. The molecule has 0 N–H and O–H groups in total. The normalized spacial score (nSPS) is 12.3. The van der Waals surface area contributed by atoms with E-state index in [2.05, 4.69) is 4.98 Å². The van der Waals surface area contributed by atoms with Crippen molar-refractivity contribution in [3.05, 3.63) is 29.6 Å². The summed E-state index contributed by atoms with van der Waals surface area (Å²) in [7, 11) is 1.13. The van der Waals surface area contributed by atoms with E-state index in [1.807, 2.05) is 0 Å². The lowest BCUT2D eigenvalue weighted by atomic mass is 10.2. The molecule has 0 bridgehead atoms. The van der Waals surface area contributed by atoms with Gasteiger partial charge in [0.1, 0.15) is 5.69 Å². The van der Waals surface area contributed by atoms with Crippen molar-refractivity contribution in [2.75, 3.05) is 13.6 Å². The number of carbonyl (C=O) groups is 1. The van der Waals surface area contributed by atoms with Gasteiger partial charge in [-0.05, 0) is 12.1 Å². The Balaban J connectivity index is 2.73. The molecule has 112 valence electrons. The molecule has 3 nitrogen and oxygen atoms in total. The molecule has 0 radical (unpaired) electrons. The average Bonchev–Trinajstić information content (AvgIpc) is 2.33. The number of halogens is 6. The molecule has 1 aromatic heterocycles. The maximum atomic E-state index is 12.2. The molecular formula is C11H10F6N2O. The van der Waals surface area contributed by atoms with Gasteiger partial charge < -0.3 is 4.90 Å². The van der Waals surface area contributed by atoms with Crippen LogP contribution >= 0.6 is 0 Å². The summed E-state index contributed by atoms with van der Waals surface area (Å²) in [5, 5.41) is 0. The van der Waals surface area contributed by atoms with Gasteiger partial charge in [-0.3, -0.25) is 9.78 Å². The zero-order valence-corrected chi connectivity index (χ0v) is 10.2. The summed E-state index contributed by atoms with van der Waals surface area (Å²) < 4.78 is 72.7. The van der Waals surface area contributed by atoms with Crippen LogP contribution in [0.4, 0.5) is 26.3 Å². The molecule has 0 saturated carbocycles. The molecule has 0 atom stereocenters. The zero-order valence-electron chi connectivity index (χ0n) is 10.2. The lowest BCUT2D eigenvalue weighted by molar-refractivity contribution is -0.141. The number of alkyl halides is 6. The first kappa shape index (κ1) is 16.3. The van der Waals surface area contributed by atoms with Gasteiger partial charge >= 0.3 is 12.4 Å². The fourth-order valence-corrected chi connectivity index (χ4v) is 1.30. The van der Waals surface area contributed by atoms with Gasteiger partial charge in [0.25, 0.3) is 5.91 Å². The highest BCUT2D eigenvalue weighted by Gasteiger charge is 2.32. The van der Waals surface area contributed by atoms with E-state index in [0.717, 1.165) is 18.0 Å². The SMILES string of the molecule is CN(CCC(F)(F)F)C(=O)c1ccc(C(F)(F)F)nc1. The fraction of sp³-hybridized carbons (Fsp3) is 0.455. The van der Waals surface area contributed by atoms with Gasteiger partial charge in [0.05, 0.1) is 12.0 Å². The minimum Gasteiger partial charge on any atom is -0.341 e. The predicted octanol–water partition coefficient (Wildman–Crippen LogP) is 3.12. The molecule has 0 fully saturated rings. The Kier molecular flexibility index (Phi) is 4.61. The summed E-state index contributed by atoms with van der Waals surface area (Å²) in [5.41, 5.74) is -1.38. The van der Waals surface area contributed by atoms with Crippen LogP contribution < -0.4 is 0 Å². The van der Waals surface area contributed by atoms with Gasteiger partial charge in [0.15, 0.2) is 0 Å². The van der Waals surface area contributed by atoms with Gasteiger partial charge in [-0.25, -0.2) is 0 Å². The Morgan fingerprint density at radius 1 is 1.20 bits per heavy atom. The van der Waals surface area contributed by atoms with Crippen molar-refractivity contribution in [1.82, 2.24) is 9.88 Å². The molecule has 0 unspecified atom stereocenters. The van der Waals surface area contributed by atoms with E-state index in [1.165, 1.54) is 0 Å². The van der Waals surface area contributed by atoms with Crippen molar-refractivity contribution in [1.29, 1.82) is 0 Å². The lowest BCUT2D eigenvalue weighted by Gasteiger charge is -2.18. The first-order valence-electron chi connectivity index (χ1n) is 5.36. The highest BCUT2D eigenvalue weighted by molar-refractivity contribution is 5.93. The van der Waals surface area contributed by atoms with Gasteiger partial charge in [0.2, 0.25) is 0 Å². The number of pyridine rings is 1. The van der Waals surface area contributed by atoms with Crippen LogP contribution in [-0.4, -0.2) is 35.6 Å². The van der Waals surface area contributed by atoms with Gasteiger partial charge in [-0.2, -0.15) is 26.3 Å². The third kappa shape index (κ3) is 4.71. The topological polar surface area (TPSA) is 33.2 Å². The second kappa shape index (κ2) is 5.68. The van der Waals surface area contributed by atoms with E-state index in [9.17, 15) is 31.1 Å². The molecule has 0 saturated heterocycles. The van der Waals surface area contributed by atoms with Gasteiger partial charge in [-0.1, -0.05) is 0 Å². The molecule has 1 amide bonds. The maximum Gasteiger partial charge on any atom is 0.433 e. The van der Waals surface area contributed by atoms with Crippen LogP contribution in [0.3, 0.4) is 0 Å². The van der Waals surface area contributed by atoms with Crippen LogP contribution in [0, 0.1) is 0 Å². The summed E-state index contributed by atoms with van der Waals surface area (Å²) in [6, 6.07) is 1.48. The molecule has 1 heterocycles. The minimum absolute atomic E-state index is 0.206. The van der Waals surface area contributed by atoms with E-state index in [1.54, 1.807) is 0 Å². The molecule has 9 heteroatoms. The number of rotatable bonds is 3. The Bertz CT molecular complexity index is 465. The Hall–Kier alpha value is -1.80. The predicted molar refractivity (Wildman–Crippen MR) is 56.9 cm³/mol. The zero-order chi connectivity index (χ0) is 15.6. The molecule has 20 heavy (non-hydrogen) atoms. The Labute approximate surface area is 110 Å². The monoisotopic (exact) mass is 300 g/mol. The number of amides is 1. The van der Waals surface area contributed by atoms with E-state index in [-0.39, 0.29) is 5.56 Å². The number of hydrogen-bond acceptors (Lipinski definition) is 2. The second-order valence-electron chi connectivity index (χ2n) is 4.02. The van der Waals surface area contributed by atoms with Crippen LogP contribution in [0.25, 0.3) is 0 Å². The number of aromatic nitrogens is 1. The molecule has 0 spiro atoms. The van der Waals surface area contributed by atoms with Crippen LogP contribution in [0.1, 0.15) is 22.5 Å². The van der Waals surface area contributed by atoms with Crippen LogP contribution in [-0.2, 0) is 6.18 Å². The number of nitrogens with zero attached hydrogens (tertiary/aromatic N) is 2. The average molecular weight is 300 g/mol. The smallest absolute Gasteiger partial charge is 0.341 e. The molecular weight excluding hydrogens is 290 g/mol. The summed E-state index contributed by atoms with van der Waals surface area (Å²) in [5.74, 6) is -0.824. The van der Waals surface area contributed by atoms with E-state index in [0.29, 0.717) is 12.3 Å². The largest absolute Gasteiger partial charge is 0.433 e. The highest BCUT2D eigenvalue weighted by atomic mass is 19.4. The molecule has 1 aromatic rings. The molecule has 0 aliphatic heterocycles. The summed E-state index contributed by atoms with van der Waals surface area (Å²) in [4.78, 5) is 15.5. The third-order valence-electron chi connectivity index (χ3n) is 2.38. The van der Waals surface area contributed by atoms with Crippen molar-refractivity contribution >= 4 is 5.91 Å². The van der Waals surface area contributed by atoms with Crippen LogP contribution in [0.15, 0.2) is 18.3 Å². The minimum atomic E-state index is -4.64. The Morgan fingerprint density at radius 3 is 2.20 bits per heavy atom. The van der Waals surface area contributed by atoms with Gasteiger partial charge in [0, 0.05) is 19.8 Å². The van der Waals surface area contributed by atoms with E-state index < -0.39 is 36.9 Å². The summed E-state index contributed by atoms with van der Waals surface area (Å²) in [6.45, 7) is -0.580. The first-order chi connectivity index (χ1) is 9.00. The number of carbonyl (C=O) groups excluding carboxylic acids is 1. The fourth-order valence-electron chi connectivity index (χ4n) is 1.30. The first-order valence-corrected chi connectivity index (χ1v) is 5.36. The quantitative estimate of drug-likeness (QED) is 0.804.